The lowest BCUT2D eigenvalue weighted by Gasteiger charge is -2.09. The first kappa shape index (κ1) is 12.4. The minimum atomic E-state index is -3.29. The molecule has 1 rings (SSSR count). The van der Waals surface area contributed by atoms with Crippen molar-refractivity contribution in [2.24, 2.45) is 0 Å². The van der Waals surface area contributed by atoms with Crippen molar-refractivity contribution in [1.29, 1.82) is 0 Å². The van der Waals surface area contributed by atoms with E-state index in [9.17, 15) is 17.2 Å². The SMILES string of the molecule is CS(=O)(=O)CC(Cl)c1ccc(F)cc1F. The van der Waals surface area contributed by atoms with Crippen LogP contribution in [0.2, 0.25) is 0 Å². The van der Waals surface area contributed by atoms with Crippen LogP contribution in [0.25, 0.3) is 0 Å². The topological polar surface area (TPSA) is 34.1 Å². The molecule has 0 amide bonds. The van der Waals surface area contributed by atoms with Crippen LogP contribution in [0.1, 0.15) is 10.9 Å². The number of hydrogen-bond acceptors (Lipinski definition) is 2. The third-order valence-electron chi connectivity index (χ3n) is 1.75. The number of halogens is 3. The summed E-state index contributed by atoms with van der Waals surface area (Å²) in [5, 5.41) is -0.999. The van der Waals surface area contributed by atoms with E-state index in [1.807, 2.05) is 0 Å². The fourth-order valence-corrected chi connectivity index (χ4v) is 2.69. The lowest BCUT2D eigenvalue weighted by atomic mass is 10.1. The first-order valence-electron chi connectivity index (χ1n) is 4.06. The Balaban J connectivity index is 2.97. The number of sulfone groups is 1. The Morgan fingerprint density at radius 2 is 2.00 bits per heavy atom. The van der Waals surface area contributed by atoms with E-state index in [0.29, 0.717) is 6.07 Å². The van der Waals surface area contributed by atoms with E-state index in [1.54, 1.807) is 0 Å². The van der Waals surface area contributed by atoms with E-state index >= 15 is 0 Å². The van der Waals surface area contributed by atoms with Crippen molar-refractivity contribution in [3.05, 3.63) is 35.4 Å². The second-order valence-electron chi connectivity index (χ2n) is 3.23. The molecule has 84 valence electrons. The highest BCUT2D eigenvalue weighted by molar-refractivity contribution is 7.90. The molecular weight excluding hydrogens is 246 g/mol. The fraction of sp³-hybridized carbons (Fsp3) is 0.333. The average molecular weight is 255 g/mol. The van der Waals surface area contributed by atoms with Gasteiger partial charge in [0.15, 0.2) is 0 Å². The van der Waals surface area contributed by atoms with E-state index in [2.05, 4.69) is 0 Å². The average Bonchev–Trinajstić information content (AvgIpc) is 1.99. The molecule has 0 fully saturated rings. The molecule has 0 aliphatic heterocycles. The van der Waals surface area contributed by atoms with Crippen LogP contribution in [0.4, 0.5) is 8.78 Å². The maximum absolute atomic E-state index is 13.2. The molecule has 0 bridgehead atoms. The number of alkyl halides is 1. The zero-order valence-electron chi connectivity index (χ0n) is 7.88. The Morgan fingerprint density at radius 3 is 2.47 bits per heavy atom. The van der Waals surface area contributed by atoms with E-state index in [-0.39, 0.29) is 11.3 Å². The maximum Gasteiger partial charge on any atom is 0.149 e. The number of hydrogen-bond donors (Lipinski definition) is 0. The van der Waals surface area contributed by atoms with Crippen molar-refractivity contribution in [2.75, 3.05) is 12.0 Å². The lowest BCUT2D eigenvalue weighted by Crippen LogP contribution is -2.10. The van der Waals surface area contributed by atoms with Crippen LogP contribution in [-0.2, 0) is 9.84 Å². The van der Waals surface area contributed by atoms with Crippen LogP contribution in [0.5, 0.6) is 0 Å². The van der Waals surface area contributed by atoms with Gasteiger partial charge in [-0.25, -0.2) is 17.2 Å². The standard InChI is InChI=1S/C9H9ClF2O2S/c1-15(13,14)5-8(10)7-3-2-6(11)4-9(7)12/h2-4,8H,5H2,1H3. The molecule has 6 heteroatoms. The fourth-order valence-electron chi connectivity index (χ4n) is 1.11. The van der Waals surface area contributed by atoms with Gasteiger partial charge in [0.25, 0.3) is 0 Å². The molecule has 0 saturated heterocycles. The second-order valence-corrected chi connectivity index (χ2v) is 5.94. The number of benzene rings is 1. The Labute approximate surface area is 91.8 Å². The van der Waals surface area contributed by atoms with Gasteiger partial charge in [-0.15, -0.1) is 11.6 Å². The van der Waals surface area contributed by atoms with Crippen LogP contribution >= 0.6 is 11.6 Å². The summed E-state index contributed by atoms with van der Waals surface area (Å²) in [5.74, 6) is -1.94. The Bertz CT molecular complexity index is 459. The summed E-state index contributed by atoms with van der Waals surface area (Å²) in [5.41, 5.74) is -0.0107. The first-order valence-corrected chi connectivity index (χ1v) is 6.56. The van der Waals surface area contributed by atoms with Crippen LogP contribution in [-0.4, -0.2) is 20.4 Å². The van der Waals surface area contributed by atoms with E-state index in [4.69, 9.17) is 11.6 Å². The Morgan fingerprint density at radius 1 is 1.40 bits per heavy atom. The van der Waals surface area contributed by atoms with Gasteiger partial charge in [-0.2, -0.15) is 0 Å². The van der Waals surface area contributed by atoms with E-state index in [0.717, 1.165) is 18.4 Å². The minimum absolute atomic E-state index is 0.0107. The predicted molar refractivity (Wildman–Crippen MR) is 54.7 cm³/mol. The van der Waals surface area contributed by atoms with E-state index < -0.39 is 26.8 Å². The largest absolute Gasteiger partial charge is 0.229 e. The summed E-state index contributed by atoms with van der Waals surface area (Å²) in [6.45, 7) is 0. The smallest absolute Gasteiger partial charge is 0.149 e. The lowest BCUT2D eigenvalue weighted by molar-refractivity contribution is 0.570. The molecule has 0 saturated carbocycles. The summed E-state index contributed by atoms with van der Waals surface area (Å²) >= 11 is 5.71. The minimum Gasteiger partial charge on any atom is -0.229 e. The highest BCUT2D eigenvalue weighted by Crippen LogP contribution is 2.25. The normalized spacial score (nSPS) is 13.9. The zero-order valence-corrected chi connectivity index (χ0v) is 9.45. The van der Waals surface area contributed by atoms with Crippen LogP contribution in [0.15, 0.2) is 18.2 Å². The molecular formula is C9H9ClF2O2S. The predicted octanol–water partition coefficient (Wildman–Crippen LogP) is 2.29. The molecule has 0 spiro atoms. The van der Waals surface area contributed by atoms with Crippen LogP contribution in [0.3, 0.4) is 0 Å². The summed E-state index contributed by atoms with van der Waals surface area (Å²) in [6.07, 6.45) is 1.00. The molecule has 0 N–H and O–H groups in total. The van der Waals surface area contributed by atoms with Crippen molar-refractivity contribution in [2.45, 2.75) is 5.38 Å². The van der Waals surface area contributed by atoms with Gasteiger partial charge in [0.1, 0.15) is 21.5 Å². The Kier molecular flexibility index (Phi) is 3.67. The quantitative estimate of drug-likeness (QED) is 0.776. The molecule has 0 heterocycles. The maximum atomic E-state index is 13.2. The van der Waals surface area contributed by atoms with Gasteiger partial charge in [-0.3, -0.25) is 0 Å². The van der Waals surface area contributed by atoms with Crippen molar-refractivity contribution in [3.8, 4) is 0 Å². The Hall–Kier alpha value is -0.680. The zero-order chi connectivity index (χ0) is 11.6. The molecule has 1 unspecified atom stereocenters. The summed E-state index contributed by atoms with van der Waals surface area (Å²) in [4.78, 5) is 0. The monoisotopic (exact) mass is 254 g/mol. The molecule has 2 nitrogen and oxygen atoms in total. The van der Waals surface area contributed by atoms with Crippen molar-refractivity contribution in [3.63, 3.8) is 0 Å². The molecule has 1 aromatic carbocycles. The van der Waals surface area contributed by atoms with Crippen molar-refractivity contribution < 1.29 is 17.2 Å². The third kappa shape index (κ3) is 3.76. The van der Waals surface area contributed by atoms with Crippen molar-refractivity contribution in [1.82, 2.24) is 0 Å². The molecule has 1 aromatic rings. The molecule has 0 aliphatic carbocycles. The third-order valence-corrected chi connectivity index (χ3v) is 3.26. The number of rotatable bonds is 3. The second kappa shape index (κ2) is 4.45. The summed E-state index contributed by atoms with van der Waals surface area (Å²) in [6, 6.07) is 2.86. The van der Waals surface area contributed by atoms with Gasteiger partial charge in [-0.05, 0) is 6.07 Å². The van der Waals surface area contributed by atoms with Gasteiger partial charge < -0.3 is 0 Å². The highest BCUT2D eigenvalue weighted by Gasteiger charge is 2.18. The van der Waals surface area contributed by atoms with Crippen LogP contribution < -0.4 is 0 Å². The van der Waals surface area contributed by atoms with Gasteiger partial charge in [0.05, 0.1) is 11.1 Å². The molecule has 0 radical (unpaired) electrons. The van der Waals surface area contributed by atoms with Gasteiger partial charge in [-0.1, -0.05) is 6.07 Å². The van der Waals surface area contributed by atoms with Crippen molar-refractivity contribution >= 4 is 21.4 Å². The van der Waals surface area contributed by atoms with Crippen LogP contribution in [0, 0.1) is 11.6 Å². The highest BCUT2D eigenvalue weighted by atomic mass is 35.5. The molecule has 0 aliphatic rings. The molecule has 1 atom stereocenters. The molecule has 15 heavy (non-hydrogen) atoms. The van der Waals surface area contributed by atoms with Gasteiger partial charge in [0.2, 0.25) is 0 Å². The first-order chi connectivity index (χ1) is 6.79. The van der Waals surface area contributed by atoms with Gasteiger partial charge in [0, 0.05) is 17.9 Å². The summed E-state index contributed by atoms with van der Waals surface area (Å²) in [7, 11) is -3.29. The molecule has 0 aromatic heterocycles. The van der Waals surface area contributed by atoms with Gasteiger partial charge >= 0.3 is 0 Å². The summed E-state index contributed by atoms with van der Waals surface area (Å²) < 4.78 is 47.5. The van der Waals surface area contributed by atoms with E-state index in [1.165, 1.54) is 0 Å².